The van der Waals surface area contributed by atoms with Crippen LogP contribution < -0.4 is 0 Å². The zero-order valence-electron chi connectivity index (χ0n) is 14.1. The van der Waals surface area contributed by atoms with Gasteiger partial charge in [-0.1, -0.05) is 36.4 Å². The van der Waals surface area contributed by atoms with Gasteiger partial charge in [0.25, 0.3) is 0 Å². The van der Waals surface area contributed by atoms with E-state index in [1.54, 1.807) is 0 Å². The summed E-state index contributed by atoms with van der Waals surface area (Å²) in [4.78, 5) is 27.2. The van der Waals surface area contributed by atoms with E-state index < -0.39 is 5.97 Å². The second-order valence-electron chi connectivity index (χ2n) is 5.72. The molecule has 6 heteroatoms. The molecule has 0 radical (unpaired) electrons. The fraction of sp³-hybridized carbons (Fsp3) is 0.150. The number of para-hydroxylation sites is 1. The van der Waals surface area contributed by atoms with Gasteiger partial charge in [0.2, 0.25) is 0 Å². The molecule has 132 valence electrons. The number of aromatic nitrogens is 1. The average Bonchev–Trinajstić information content (AvgIpc) is 3.06. The van der Waals surface area contributed by atoms with Crippen molar-refractivity contribution in [2.24, 2.45) is 0 Å². The monoisotopic (exact) mass is 367 g/mol. The smallest absolute Gasteiger partial charge is 0.309 e. The lowest BCUT2D eigenvalue weighted by Gasteiger charge is -2.03. The van der Waals surface area contributed by atoms with E-state index in [0.717, 1.165) is 21.3 Å². The summed E-state index contributed by atoms with van der Waals surface area (Å²) in [6.45, 7) is 0. The number of carboxylic acids is 1. The summed E-state index contributed by atoms with van der Waals surface area (Å²) in [5.74, 6) is -1.20. The third-order valence-corrected chi connectivity index (χ3v) is 4.92. The maximum atomic E-state index is 11.3. The third-order valence-electron chi connectivity index (χ3n) is 3.81. The van der Waals surface area contributed by atoms with Gasteiger partial charge in [0.1, 0.15) is 5.01 Å². The molecular weight excluding hydrogens is 350 g/mol. The number of fused-ring (bicyclic) bond motifs is 1. The van der Waals surface area contributed by atoms with Crippen LogP contribution in [-0.4, -0.2) is 29.1 Å². The molecule has 26 heavy (non-hydrogen) atoms. The normalized spacial score (nSPS) is 11.5. The summed E-state index contributed by atoms with van der Waals surface area (Å²) in [6.07, 6.45) is 1.93. The maximum absolute atomic E-state index is 11.3. The van der Waals surface area contributed by atoms with Crippen molar-refractivity contribution in [3.05, 3.63) is 64.7 Å². The zero-order valence-corrected chi connectivity index (χ0v) is 15.0. The van der Waals surface area contributed by atoms with Crippen molar-refractivity contribution in [1.82, 2.24) is 4.98 Å². The molecule has 0 aliphatic heterocycles. The summed E-state index contributed by atoms with van der Waals surface area (Å²) in [5, 5.41) is 9.95. The second kappa shape index (κ2) is 7.93. The van der Waals surface area contributed by atoms with E-state index in [2.05, 4.69) is 9.72 Å². The van der Waals surface area contributed by atoms with Crippen molar-refractivity contribution >= 4 is 45.1 Å². The van der Waals surface area contributed by atoms with Crippen LogP contribution in [0.25, 0.3) is 21.9 Å². The Bertz CT molecular complexity index is 940. The number of benzene rings is 2. The number of aliphatic carboxylic acids is 1. The van der Waals surface area contributed by atoms with Crippen molar-refractivity contribution in [2.45, 2.75) is 12.8 Å². The molecule has 1 N–H and O–H groups in total. The van der Waals surface area contributed by atoms with Gasteiger partial charge in [0, 0.05) is 0 Å². The van der Waals surface area contributed by atoms with Crippen LogP contribution in [0.15, 0.2) is 48.5 Å². The van der Waals surface area contributed by atoms with Gasteiger partial charge >= 0.3 is 11.9 Å². The highest BCUT2D eigenvalue weighted by atomic mass is 32.1. The molecule has 1 aromatic heterocycles. The molecule has 5 nitrogen and oxygen atoms in total. The number of hydrogen-bond donors (Lipinski definition) is 1. The Hall–Kier alpha value is -2.99. The van der Waals surface area contributed by atoms with Crippen molar-refractivity contribution in [2.75, 3.05) is 7.11 Å². The van der Waals surface area contributed by atoms with Gasteiger partial charge in [-0.2, -0.15) is 0 Å². The zero-order chi connectivity index (χ0) is 18.5. The number of nitrogens with zero attached hydrogens (tertiary/aromatic N) is 1. The van der Waals surface area contributed by atoms with Crippen LogP contribution >= 0.6 is 11.3 Å². The molecule has 0 aliphatic carbocycles. The fourth-order valence-corrected chi connectivity index (χ4v) is 3.51. The first-order valence-corrected chi connectivity index (χ1v) is 8.81. The minimum absolute atomic E-state index is 0.107. The molecule has 0 amide bonds. The fourth-order valence-electron chi connectivity index (χ4n) is 2.53. The molecule has 3 aromatic rings. The molecule has 0 spiro atoms. The first-order valence-electron chi connectivity index (χ1n) is 7.99. The lowest BCUT2D eigenvalue weighted by atomic mass is 10.1. The predicted molar refractivity (Wildman–Crippen MR) is 102 cm³/mol. The Balaban J connectivity index is 1.91. The Morgan fingerprint density at radius 1 is 1.15 bits per heavy atom. The van der Waals surface area contributed by atoms with Crippen molar-refractivity contribution < 1.29 is 19.4 Å². The van der Waals surface area contributed by atoms with Crippen LogP contribution in [0, 0.1) is 0 Å². The third kappa shape index (κ3) is 4.34. The van der Waals surface area contributed by atoms with Crippen LogP contribution in [0.5, 0.6) is 0 Å². The van der Waals surface area contributed by atoms with Crippen molar-refractivity contribution in [3.8, 4) is 0 Å². The van der Waals surface area contributed by atoms with Gasteiger partial charge in [0.15, 0.2) is 0 Å². The summed E-state index contributed by atoms with van der Waals surface area (Å²) in [5.41, 5.74) is 3.21. The summed E-state index contributed by atoms with van der Waals surface area (Å²) >= 11 is 1.48. The van der Waals surface area contributed by atoms with Gasteiger partial charge in [0.05, 0.1) is 30.2 Å². The lowest BCUT2D eigenvalue weighted by Crippen LogP contribution is -2.04. The molecule has 2 aromatic carbocycles. The molecule has 1 heterocycles. The van der Waals surface area contributed by atoms with Gasteiger partial charge in [-0.25, -0.2) is 4.98 Å². The first kappa shape index (κ1) is 17.8. The highest BCUT2D eigenvalue weighted by molar-refractivity contribution is 7.19. The van der Waals surface area contributed by atoms with Gasteiger partial charge in [-0.05, 0) is 34.9 Å². The molecule has 0 aliphatic rings. The highest BCUT2D eigenvalue weighted by Gasteiger charge is 2.12. The summed E-state index contributed by atoms with van der Waals surface area (Å²) in [7, 11) is 1.36. The number of carboxylic acid groups (broad SMARTS) is 1. The van der Waals surface area contributed by atoms with Crippen LogP contribution in [0.2, 0.25) is 0 Å². The molecule has 0 unspecified atom stereocenters. The molecule has 3 rings (SSSR count). The van der Waals surface area contributed by atoms with E-state index in [1.807, 2.05) is 54.6 Å². The van der Waals surface area contributed by atoms with Crippen molar-refractivity contribution in [3.63, 3.8) is 0 Å². The summed E-state index contributed by atoms with van der Waals surface area (Å²) < 4.78 is 5.68. The molecule has 0 saturated carbocycles. The quantitative estimate of drug-likeness (QED) is 0.666. The van der Waals surface area contributed by atoms with Crippen LogP contribution in [0.3, 0.4) is 0 Å². The second-order valence-corrected chi connectivity index (χ2v) is 6.75. The van der Waals surface area contributed by atoms with Gasteiger partial charge in [-0.15, -0.1) is 11.3 Å². The molecule has 0 saturated heterocycles. The van der Waals surface area contributed by atoms with E-state index >= 15 is 0 Å². The maximum Gasteiger partial charge on any atom is 0.309 e. The average molecular weight is 367 g/mol. The predicted octanol–water partition coefficient (Wildman–Crippen LogP) is 4.03. The number of methoxy groups -OCH3 is 1. The standard InChI is InChI=1S/C20H17NO4S/c1-25-19(24)11-14-8-6-13(7-9-14)10-15(12-18(22)23)20-21-16-4-2-3-5-17(16)26-20/h2-10H,11-12H2,1H3,(H,22,23)/b15-10+. The molecular formula is C20H17NO4S. The SMILES string of the molecule is COC(=O)Cc1ccc(/C=C(\CC(=O)O)c2nc3ccccc3s2)cc1. The molecule has 0 bridgehead atoms. The minimum atomic E-state index is -0.905. The first-order chi connectivity index (χ1) is 12.5. The van der Waals surface area contributed by atoms with E-state index in [9.17, 15) is 14.7 Å². The number of ether oxygens (including phenoxy) is 1. The molecule has 0 fully saturated rings. The topological polar surface area (TPSA) is 76.5 Å². The Morgan fingerprint density at radius 3 is 2.54 bits per heavy atom. The number of thiazole rings is 1. The lowest BCUT2D eigenvalue weighted by molar-refractivity contribution is -0.140. The Morgan fingerprint density at radius 2 is 1.88 bits per heavy atom. The van der Waals surface area contributed by atoms with E-state index in [0.29, 0.717) is 10.6 Å². The summed E-state index contributed by atoms with van der Waals surface area (Å²) in [6, 6.07) is 15.1. The van der Waals surface area contributed by atoms with Crippen LogP contribution in [0.1, 0.15) is 22.6 Å². The van der Waals surface area contributed by atoms with Crippen molar-refractivity contribution in [1.29, 1.82) is 0 Å². The van der Waals surface area contributed by atoms with Crippen LogP contribution in [0.4, 0.5) is 0 Å². The minimum Gasteiger partial charge on any atom is -0.481 e. The highest BCUT2D eigenvalue weighted by Crippen LogP contribution is 2.30. The van der Waals surface area contributed by atoms with Crippen LogP contribution in [-0.2, 0) is 20.7 Å². The van der Waals surface area contributed by atoms with E-state index in [1.165, 1.54) is 18.4 Å². The number of hydrogen-bond acceptors (Lipinski definition) is 5. The Labute approximate surface area is 154 Å². The van der Waals surface area contributed by atoms with Gasteiger partial charge < -0.3 is 9.84 Å². The van der Waals surface area contributed by atoms with E-state index in [4.69, 9.17) is 0 Å². The largest absolute Gasteiger partial charge is 0.481 e. The molecule has 0 atom stereocenters. The number of rotatable bonds is 6. The number of carbonyl (C=O) groups is 2. The van der Waals surface area contributed by atoms with E-state index in [-0.39, 0.29) is 18.8 Å². The number of esters is 1. The Kier molecular flexibility index (Phi) is 5.43. The van der Waals surface area contributed by atoms with Gasteiger partial charge in [-0.3, -0.25) is 9.59 Å². The number of carbonyl (C=O) groups excluding carboxylic acids is 1.